The molecule has 0 bridgehead atoms. The SMILES string of the molecule is CCCOc1ccc(/C(O)=C2/C(=O)C(=O)N(CCN(CC)CC)C2c2ccccc2F)cc1C. The number of likely N-dealkylation sites (tertiary alicyclic amines) is 1. The van der Waals surface area contributed by atoms with E-state index in [0.717, 1.165) is 25.1 Å². The number of ketones is 1. The molecule has 0 aliphatic carbocycles. The number of carbonyl (C=O) groups is 2. The molecule has 1 saturated heterocycles. The Morgan fingerprint density at radius 3 is 2.44 bits per heavy atom. The molecule has 1 amide bonds. The Hall–Kier alpha value is -3.19. The van der Waals surface area contributed by atoms with Crippen LogP contribution in [0.5, 0.6) is 5.75 Å². The minimum atomic E-state index is -1.01. The lowest BCUT2D eigenvalue weighted by Gasteiger charge is -2.28. The van der Waals surface area contributed by atoms with Crippen LogP contribution in [0.1, 0.15) is 49.9 Å². The number of rotatable bonds is 10. The summed E-state index contributed by atoms with van der Waals surface area (Å²) in [7, 11) is 0. The molecule has 0 spiro atoms. The smallest absolute Gasteiger partial charge is 0.295 e. The maximum absolute atomic E-state index is 14.9. The molecule has 6 nitrogen and oxygen atoms in total. The van der Waals surface area contributed by atoms with Crippen molar-refractivity contribution in [2.45, 2.75) is 40.2 Å². The molecule has 2 aromatic rings. The van der Waals surface area contributed by atoms with Crippen molar-refractivity contribution in [1.29, 1.82) is 0 Å². The first-order valence-electron chi connectivity index (χ1n) is 11.8. The number of aliphatic hydroxyl groups excluding tert-OH is 1. The van der Waals surface area contributed by atoms with Gasteiger partial charge >= 0.3 is 0 Å². The number of amides is 1. The van der Waals surface area contributed by atoms with Crippen LogP contribution in [0.4, 0.5) is 4.39 Å². The van der Waals surface area contributed by atoms with Crippen LogP contribution in [-0.2, 0) is 9.59 Å². The molecule has 1 heterocycles. The van der Waals surface area contributed by atoms with Gasteiger partial charge in [0.05, 0.1) is 18.2 Å². The number of benzene rings is 2. The van der Waals surface area contributed by atoms with E-state index in [1.165, 1.54) is 11.0 Å². The molecule has 3 rings (SSSR count). The number of hydrogen-bond acceptors (Lipinski definition) is 5. The predicted octanol–water partition coefficient (Wildman–Crippen LogP) is 4.69. The van der Waals surface area contributed by atoms with E-state index in [4.69, 9.17) is 4.74 Å². The van der Waals surface area contributed by atoms with E-state index in [2.05, 4.69) is 4.90 Å². The standard InChI is InChI=1S/C27H33FN2O4/c1-5-16-34-22-13-12-19(17-18(22)4)25(31)23-24(20-10-8-9-11-21(20)28)30(27(33)26(23)32)15-14-29(6-2)7-3/h8-13,17,24,31H,5-7,14-16H2,1-4H3/b25-23-. The van der Waals surface area contributed by atoms with Gasteiger partial charge in [0.15, 0.2) is 0 Å². The summed E-state index contributed by atoms with van der Waals surface area (Å²) < 4.78 is 20.6. The summed E-state index contributed by atoms with van der Waals surface area (Å²) >= 11 is 0. The molecule has 0 aromatic heterocycles. The van der Waals surface area contributed by atoms with Crippen LogP contribution in [0.3, 0.4) is 0 Å². The van der Waals surface area contributed by atoms with Crippen molar-refractivity contribution in [2.24, 2.45) is 0 Å². The third-order valence-electron chi connectivity index (χ3n) is 6.20. The van der Waals surface area contributed by atoms with Crippen molar-refractivity contribution in [1.82, 2.24) is 9.80 Å². The van der Waals surface area contributed by atoms with Crippen molar-refractivity contribution >= 4 is 17.4 Å². The molecule has 0 saturated carbocycles. The molecule has 1 atom stereocenters. The number of aryl methyl sites for hydroxylation is 1. The van der Waals surface area contributed by atoms with E-state index >= 15 is 0 Å². The van der Waals surface area contributed by atoms with Gasteiger partial charge in [-0.2, -0.15) is 0 Å². The molecular formula is C27H33FN2O4. The van der Waals surface area contributed by atoms with Crippen LogP contribution in [-0.4, -0.2) is 59.4 Å². The number of likely N-dealkylation sites (N-methyl/N-ethyl adjacent to an activating group) is 1. The van der Waals surface area contributed by atoms with Crippen molar-refractivity contribution < 1.29 is 23.8 Å². The van der Waals surface area contributed by atoms with Crippen LogP contribution < -0.4 is 4.74 Å². The van der Waals surface area contributed by atoms with E-state index < -0.39 is 23.5 Å². The molecule has 1 fully saturated rings. The van der Waals surface area contributed by atoms with Gasteiger partial charge in [0.2, 0.25) is 0 Å². The zero-order valence-electron chi connectivity index (χ0n) is 20.3. The van der Waals surface area contributed by atoms with Crippen LogP contribution in [0.15, 0.2) is 48.0 Å². The molecule has 2 aromatic carbocycles. The Morgan fingerprint density at radius 1 is 1.12 bits per heavy atom. The Kier molecular flexibility index (Phi) is 8.45. The van der Waals surface area contributed by atoms with Crippen molar-refractivity contribution in [3.63, 3.8) is 0 Å². The largest absolute Gasteiger partial charge is 0.507 e. The molecule has 0 radical (unpaired) electrons. The monoisotopic (exact) mass is 468 g/mol. The molecule has 34 heavy (non-hydrogen) atoms. The number of halogens is 1. The normalized spacial score (nSPS) is 17.6. The molecule has 182 valence electrons. The average Bonchev–Trinajstić information content (AvgIpc) is 3.08. The van der Waals surface area contributed by atoms with Gasteiger partial charge in [-0.05, 0) is 56.3 Å². The van der Waals surface area contributed by atoms with Gasteiger partial charge in [-0.3, -0.25) is 9.59 Å². The van der Waals surface area contributed by atoms with E-state index in [1.807, 2.05) is 27.7 Å². The molecule has 1 aliphatic rings. The number of aliphatic hydroxyl groups is 1. The third-order valence-corrected chi connectivity index (χ3v) is 6.20. The highest BCUT2D eigenvalue weighted by Crippen LogP contribution is 2.40. The summed E-state index contributed by atoms with van der Waals surface area (Å²) in [4.78, 5) is 29.7. The highest BCUT2D eigenvalue weighted by atomic mass is 19.1. The quantitative estimate of drug-likeness (QED) is 0.311. The first kappa shape index (κ1) is 25.4. The number of hydrogen-bond donors (Lipinski definition) is 1. The Morgan fingerprint density at radius 2 is 1.82 bits per heavy atom. The summed E-state index contributed by atoms with van der Waals surface area (Å²) in [5.74, 6) is -1.71. The fourth-order valence-electron chi connectivity index (χ4n) is 4.25. The second-order valence-corrected chi connectivity index (χ2v) is 8.37. The first-order valence-corrected chi connectivity index (χ1v) is 11.8. The van der Waals surface area contributed by atoms with Crippen molar-refractivity contribution in [3.8, 4) is 5.75 Å². The zero-order chi connectivity index (χ0) is 24.8. The first-order chi connectivity index (χ1) is 16.3. The maximum Gasteiger partial charge on any atom is 0.295 e. The predicted molar refractivity (Wildman–Crippen MR) is 130 cm³/mol. The van der Waals surface area contributed by atoms with Gasteiger partial charge in [-0.1, -0.05) is 39.0 Å². The Labute approximate surface area is 200 Å². The number of ether oxygens (including phenoxy) is 1. The highest BCUT2D eigenvalue weighted by molar-refractivity contribution is 6.46. The van der Waals surface area contributed by atoms with Crippen LogP contribution >= 0.6 is 0 Å². The molecule has 7 heteroatoms. The lowest BCUT2D eigenvalue weighted by atomic mass is 9.94. The van der Waals surface area contributed by atoms with E-state index in [1.54, 1.807) is 36.4 Å². The maximum atomic E-state index is 14.9. The number of Topliss-reactive ketones (excluding diaryl/α,β-unsaturated/α-hetero) is 1. The van der Waals surface area contributed by atoms with E-state index in [-0.39, 0.29) is 23.4 Å². The summed E-state index contributed by atoms with van der Waals surface area (Å²) in [5.41, 5.74) is 1.25. The number of nitrogens with zero attached hydrogens (tertiary/aromatic N) is 2. The lowest BCUT2D eigenvalue weighted by molar-refractivity contribution is -0.140. The fourth-order valence-corrected chi connectivity index (χ4v) is 4.25. The van der Waals surface area contributed by atoms with Crippen molar-refractivity contribution in [3.05, 3.63) is 70.5 Å². The third kappa shape index (κ3) is 5.14. The summed E-state index contributed by atoms with van der Waals surface area (Å²) in [6.45, 7) is 10.8. The fraction of sp³-hybridized carbons (Fsp3) is 0.407. The summed E-state index contributed by atoms with van der Waals surface area (Å²) in [5, 5.41) is 11.2. The van der Waals surface area contributed by atoms with Crippen molar-refractivity contribution in [2.75, 3.05) is 32.8 Å². The Bertz CT molecular complexity index is 1080. The summed E-state index contributed by atoms with van der Waals surface area (Å²) in [6, 6.07) is 10.1. The molecular weight excluding hydrogens is 435 g/mol. The van der Waals surface area contributed by atoms with Gasteiger partial charge in [0, 0.05) is 24.2 Å². The van der Waals surface area contributed by atoms with Gasteiger partial charge in [-0.15, -0.1) is 0 Å². The highest BCUT2D eigenvalue weighted by Gasteiger charge is 2.46. The minimum absolute atomic E-state index is 0.101. The number of carbonyl (C=O) groups excluding carboxylic acids is 2. The second kappa shape index (κ2) is 11.3. The minimum Gasteiger partial charge on any atom is -0.507 e. The average molecular weight is 469 g/mol. The molecule has 1 N–H and O–H groups in total. The van der Waals surface area contributed by atoms with E-state index in [0.29, 0.717) is 24.5 Å². The van der Waals surface area contributed by atoms with Gasteiger partial charge in [0.1, 0.15) is 17.3 Å². The second-order valence-electron chi connectivity index (χ2n) is 8.37. The van der Waals surface area contributed by atoms with Gasteiger partial charge < -0.3 is 19.6 Å². The molecule has 1 unspecified atom stereocenters. The van der Waals surface area contributed by atoms with Crippen LogP contribution in [0.2, 0.25) is 0 Å². The van der Waals surface area contributed by atoms with Crippen LogP contribution in [0.25, 0.3) is 5.76 Å². The molecule has 1 aliphatic heterocycles. The zero-order valence-corrected chi connectivity index (χ0v) is 20.3. The topological polar surface area (TPSA) is 70.1 Å². The van der Waals surface area contributed by atoms with Gasteiger partial charge in [-0.25, -0.2) is 4.39 Å². The lowest BCUT2D eigenvalue weighted by Crippen LogP contribution is -2.38. The summed E-state index contributed by atoms with van der Waals surface area (Å²) in [6.07, 6.45) is 0.862. The van der Waals surface area contributed by atoms with E-state index in [9.17, 15) is 19.1 Å². The van der Waals surface area contributed by atoms with Crippen LogP contribution in [0, 0.1) is 12.7 Å². The Balaban J connectivity index is 2.09. The van der Waals surface area contributed by atoms with Gasteiger partial charge in [0.25, 0.3) is 11.7 Å².